The van der Waals surface area contributed by atoms with Gasteiger partial charge in [0.15, 0.2) is 0 Å². The van der Waals surface area contributed by atoms with Crippen LogP contribution < -0.4 is 4.74 Å². The van der Waals surface area contributed by atoms with Crippen LogP contribution in [0.3, 0.4) is 0 Å². The van der Waals surface area contributed by atoms with E-state index in [2.05, 4.69) is 0 Å². The van der Waals surface area contributed by atoms with E-state index in [0.717, 1.165) is 5.56 Å². The van der Waals surface area contributed by atoms with E-state index in [4.69, 9.17) is 4.74 Å². The van der Waals surface area contributed by atoms with Gasteiger partial charge in [-0.2, -0.15) is 0 Å². The third-order valence-corrected chi connectivity index (χ3v) is 3.16. The van der Waals surface area contributed by atoms with E-state index >= 15 is 0 Å². The second-order valence-electron chi connectivity index (χ2n) is 4.93. The van der Waals surface area contributed by atoms with Gasteiger partial charge in [-0.1, -0.05) is 12.1 Å². The van der Waals surface area contributed by atoms with E-state index in [1.54, 1.807) is 24.1 Å². The number of carbonyl (C=O) groups excluding carboxylic acids is 1. The molecular weight excluding hydrogens is 288 g/mol. The molecule has 0 spiro atoms. The van der Waals surface area contributed by atoms with Crippen molar-refractivity contribution in [1.82, 2.24) is 4.90 Å². The highest BCUT2D eigenvalue weighted by Gasteiger charge is 2.09. The van der Waals surface area contributed by atoms with E-state index in [1.165, 1.54) is 36.4 Å². The number of benzene rings is 2. The molecule has 0 saturated carbocycles. The van der Waals surface area contributed by atoms with Gasteiger partial charge in [-0.25, -0.2) is 8.78 Å². The van der Waals surface area contributed by atoms with Gasteiger partial charge in [0.1, 0.15) is 17.4 Å². The van der Waals surface area contributed by atoms with Crippen molar-refractivity contribution in [3.8, 4) is 5.75 Å². The summed E-state index contributed by atoms with van der Waals surface area (Å²) in [6.07, 6.45) is 0.217. The number of carbonyl (C=O) groups is 1. The van der Waals surface area contributed by atoms with E-state index in [9.17, 15) is 13.6 Å². The number of nitrogens with zero attached hydrogens (tertiary/aromatic N) is 1. The highest BCUT2D eigenvalue weighted by atomic mass is 19.1. The van der Waals surface area contributed by atoms with Crippen molar-refractivity contribution in [2.45, 2.75) is 13.0 Å². The summed E-state index contributed by atoms with van der Waals surface area (Å²) in [4.78, 5) is 13.5. The first kappa shape index (κ1) is 15.9. The molecule has 2 rings (SSSR count). The maximum Gasteiger partial charge on any atom is 0.226 e. The fourth-order valence-electron chi connectivity index (χ4n) is 1.93. The number of halogens is 2. The average molecular weight is 305 g/mol. The molecule has 0 aliphatic rings. The van der Waals surface area contributed by atoms with Gasteiger partial charge < -0.3 is 9.64 Å². The Kier molecular flexibility index (Phi) is 5.47. The maximum absolute atomic E-state index is 12.8. The van der Waals surface area contributed by atoms with Crippen LogP contribution in [0.4, 0.5) is 8.78 Å². The molecule has 0 saturated heterocycles. The number of rotatable bonds is 6. The summed E-state index contributed by atoms with van der Waals surface area (Å²) in [7, 11) is 1.68. The molecule has 2 aromatic carbocycles. The van der Waals surface area contributed by atoms with Crippen LogP contribution in [-0.2, 0) is 11.3 Å². The second-order valence-corrected chi connectivity index (χ2v) is 4.93. The van der Waals surface area contributed by atoms with Crippen LogP contribution in [0.15, 0.2) is 48.5 Å². The molecule has 0 radical (unpaired) electrons. The number of hydrogen-bond acceptors (Lipinski definition) is 2. The lowest BCUT2D eigenvalue weighted by Gasteiger charge is -2.17. The topological polar surface area (TPSA) is 29.5 Å². The van der Waals surface area contributed by atoms with Crippen LogP contribution in [0, 0.1) is 11.6 Å². The van der Waals surface area contributed by atoms with Crippen molar-refractivity contribution < 1.29 is 18.3 Å². The Morgan fingerprint density at radius 3 is 2.14 bits per heavy atom. The van der Waals surface area contributed by atoms with Gasteiger partial charge in [0.25, 0.3) is 0 Å². The average Bonchev–Trinajstić information content (AvgIpc) is 2.51. The number of ether oxygens (including phenoxy) is 1. The summed E-state index contributed by atoms with van der Waals surface area (Å²) >= 11 is 0. The minimum absolute atomic E-state index is 0.0774. The van der Waals surface area contributed by atoms with E-state index in [-0.39, 0.29) is 30.6 Å². The molecular formula is C17H17F2NO2. The number of hydrogen-bond donors (Lipinski definition) is 0. The molecule has 0 aliphatic heterocycles. The molecule has 0 bridgehead atoms. The van der Waals surface area contributed by atoms with Crippen LogP contribution >= 0.6 is 0 Å². The van der Waals surface area contributed by atoms with Gasteiger partial charge in [0.05, 0.1) is 13.0 Å². The summed E-state index contributed by atoms with van der Waals surface area (Å²) in [5.74, 6) is -0.185. The Bertz CT molecular complexity index is 612. The van der Waals surface area contributed by atoms with Crippen LogP contribution in [0.5, 0.6) is 5.75 Å². The van der Waals surface area contributed by atoms with Crippen molar-refractivity contribution in [3.05, 3.63) is 65.7 Å². The van der Waals surface area contributed by atoms with Gasteiger partial charge in [-0.3, -0.25) is 4.79 Å². The molecule has 3 nitrogen and oxygen atoms in total. The molecule has 116 valence electrons. The zero-order chi connectivity index (χ0) is 15.9. The Morgan fingerprint density at radius 2 is 1.55 bits per heavy atom. The molecule has 5 heteroatoms. The summed E-state index contributed by atoms with van der Waals surface area (Å²) < 4.78 is 30.9. The largest absolute Gasteiger partial charge is 0.493 e. The number of amides is 1. The molecule has 2 aromatic rings. The monoisotopic (exact) mass is 305 g/mol. The quantitative estimate of drug-likeness (QED) is 0.818. The zero-order valence-corrected chi connectivity index (χ0v) is 12.3. The zero-order valence-electron chi connectivity index (χ0n) is 12.3. The molecule has 1 amide bonds. The Morgan fingerprint density at radius 1 is 1.00 bits per heavy atom. The SMILES string of the molecule is CN(Cc1ccc(F)cc1)C(=O)CCOc1ccc(F)cc1. The predicted molar refractivity (Wildman–Crippen MR) is 79.4 cm³/mol. The fraction of sp³-hybridized carbons (Fsp3) is 0.235. The Balaban J connectivity index is 1.76. The van der Waals surface area contributed by atoms with E-state index in [1.807, 2.05) is 0 Å². The lowest BCUT2D eigenvalue weighted by molar-refractivity contribution is -0.130. The van der Waals surface area contributed by atoms with Crippen LogP contribution in [0.25, 0.3) is 0 Å². The molecule has 0 N–H and O–H groups in total. The lowest BCUT2D eigenvalue weighted by atomic mass is 10.2. The Hall–Kier alpha value is -2.43. The van der Waals surface area contributed by atoms with Crippen molar-refractivity contribution in [3.63, 3.8) is 0 Å². The smallest absolute Gasteiger partial charge is 0.226 e. The van der Waals surface area contributed by atoms with Crippen molar-refractivity contribution in [2.24, 2.45) is 0 Å². The van der Waals surface area contributed by atoms with Crippen molar-refractivity contribution in [2.75, 3.05) is 13.7 Å². The van der Waals surface area contributed by atoms with Crippen molar-refractivity contribution in [1.29, 1.82) is 0 Å². The maximum atomic E-state index is 12.8. The van der Waals surface area contributed by atoms with Crippen LogP contribution in [-0.4, -0.2) is 24.5 Å². The molecule has 0 heterocycles. The minimum Gasteiger partial charge on any atom is -0.493 e. The molecule has 0 aromatic heterocycles. The standard InChI is InChI=1S/C17H17F2NO2/c1-20(12-13-2-4-14(18)5-3-13)17(21)10-11-22-16-8-6-15(19)7-9-16/h2-9H,10-12H2,1H3. The lowest BCUT2D eigenvalue weighted by Crippen LogP contribution is -2.27. The normalized spacial score (nSPS) is 10.3. The summed E-state index contributed by atoms with van der Waals surface area (Å²) in [5, 5.41) is 0. The van der Waals surface area contributed by atoms with Gasteiger partial charge >= 0.3 is 0 Å². The third kappa shape index (κ3) is 4.84. The fourth-order valence-corrected chi connectivity index (χ4v) is 1.93. The van der Waals surface area contributed by atoms with E-state index in [0.29, 0.717) is 12.3 Å². The first-order valence-corrected chi connectivity index (χ1v) is 6.91. The molecule has 0 fully saturated rings. The first-order chi connectivity index (χ1) is 10.5. The molecule has 0 unspecified atom stereocenters. The molecule has 22 heavy (non-hydrogen) atoms. The highest BCUT2D eigenvalue weighted by Crippen LogP contribution is 2.12. The van der Waals surface area contributed by atoms with Gasteiger partial charge in [-0.05, 0) is 42.0 Å². The summed E-state index contributed by atoms with van der Waals surface area (Å²) in [5.41, 5.74) is 0.858. The highest BCUT2D eigenvalue weighted by molar-refractivity contribution is 5.76. The summed E-state index contributed by atoms with van der Waals surface area (Å²) in [6, 6.07) is 11.7. The molecule has 0 atom stereocenters. The van der Waals surface area contributed by atoms with Gasteiger partial charge in [-0.15, -0.1) is 0 Å². The van der Waals surface area contributed by atoms with Crippen LogP contribution in [0.2, 0.25) is 0 Å². The van der Waals surface area contributed by atoms with Gasteiger partial charge in [0, 0.05) is 13.6 Å². The molecule has 0 aliphatic carbocycles. The van der Waals surface area contributed by atoms with Gasteiger partial charge in [0.2, 0.25) is 5.91 Å². The van der Waals surface area contributed by atoms with E-state index < -0.39 is 0 Å². The minimum atomic E-state index is -0.331. The third-order valence-electron chi connectivity index (χ3n) is 3.16. The second kappa shape index (κ2) is 7.54. The first-order valence-electron chi connectivity index (χ1n) is 6.91. The summed E-state index contributed by atoms with van der Waals surface area (Å²) in [6.45, 7) is 0.633. The predicted octanol–water partition coefficient (Wildman–Crippen LogP) is 3.39. The van der Waals surface area contributed by atoms with Crippen molar-refractivity contribution >= 4 is 5.91 Å². The Labute approximate surface area is 128 Å². The van der Waals surface area contributed by atoms with Crippen LogP contribution in [0.1, 0.15) is 12.0 Å².